The Kier molecular flexibility index (Phi) is 4.72. The van der Waals surface area contributed by atoms with Gasteiger partial charge in [-0.05, 0) is 38.7 Å². The molecule has 1 spiro atoms. The van der Waals surface area contributed by atoms with Gasteiger partial charge in [-0.1, -0.05) is 0 Å². The predicted molar refractivity (Wildman–Crippen MR) is 101 cm³/mol. The average Bonchev–Trinajstić information content (AvgIpc) is 3.46. The Labute approximate surface area is 159 Å². The summed E-state index contributed by atoms with van der Waals surface area (Å²) in [5.74, 6) is 2.05. The Morgan fingerprint density at radius 1 is 1.33 bits per heavy atom. The van der Waals surface area contributed by atoms with E-state index in [-0.39, 0.29) is 11.5 Å². The first kappa shape index (κ1) is 18.8. The van der Waals surface area contributed by atoms with E-state index in [1.165, 1.54) is 7.11 Å². The molecule has 0 atom stereocenters. The van der Waals surface area contributed by atoms with Gasteiger partial charge in [0.1, 0.15) is 17.2 Å². The van der Waals surface area contributed by atoms with E-state index in [0.717, 1.165) is 18.2 Å². The van der Waals surface area contributed by atoms with Crippen molar-refractivity contribution in [2.75, 3.05) is 43.2 Å². The van der Waals surface area contributed by atoms with Gasteiger partial charge in [-0.25, -0.2) is 14.2 Å². The van der Waals surface area contributed by atoms with Gasteiger partial charge in [0, 0.05) is 37.9 Å². The van der Waals surface area contributed by atoms with Gasteiger partial charge in [-0.15, -0.1) is 0 Å². The lowest BCUT2D eigenvalue weighted by Gasteiger charge is -2.45. The van der Waals surface area contributed by atoms with Crippen LogP contribution in [0.1, 0.15) is 31.5 Å². The third kappa shape index (κ3) is 3.72. The minimum absolute atomic E-state index is 0.352. The zero-order valence-corrected chi connectivity index (χ0v) is 16.7. The number of hydrogen-bond acceptors (Lipinski definition) is 7. The zero-order valence-electron chi connectivity index (χ0n) is 15.8. The van der Waals surface area contributed by atoms with Crippen LogP contribution in [-0.4, -0.2) is 69.6 Å². The van der Waals surface area contributed by atoms with Crippen molar-refractivity contribution in [1.29, 1.82) is 0 Å². The second-order valence-corrected chi connectivity index (χ2v) is 10.2. The topological polar surface area (TPSA) is 94.0 Å². The van der Waals surface area contributed by atoms with E-state index in [0.29, 0.717) is 50.3 Å². The molecular formula is C18H26N4O4S. The summed E-state index contributed by atoms with van der Waals surface area (Å²) < 4.78 is 28.6. The summed E-state index contributed by atoms with van der Waals surface area (Å²) >= 11 is 0. The van der Waals surface area contributed by atoms with Crippen LogP contribution in [0.4, 0.5) is 5.82 Å². The molecule has 8 nitrogen and oxygen atoms in total. The van der Waals surface area contributed by atoms with Gasteiger partial charge in [0.05, 0.1) is 21.9 Å². The normalized spacial score (nSPS) is 32.3. The van der Waals surface area contributed by atoms with E-state index < -0.39 is 15.3 Å². The summed E-state index contributed by atoms with van der Waals surface area (Å²) in [4.78, 5) is 23.2. The molecule has 3 heterocycles. The van der Waals surface area contributed by atoms with Gasteiger partial charge in [-0.3, -0.25) is 4.79 Å². The number of nitrogens with zero attached hydrogens (tertiary/aromatic N) is 4. The van der Waals surface area contributed by atoms with Gasteiger partial charge >= 0.3 is 0 Å². The van der Waals surface area contributed by atoms with E-state index in [1.807, 2.05) is 13.0 Å². The van der Waals surface area contributed by atoms with Crippen LogP contribution in [0.2, 0.25) is 0 Å². The molecule has 3 fully saturated rings. The number of rotatable bonds is 3. The molecule has 1 aliphatic carbocycles. The Morgan fingerprint density at radius 3 is 2.70 bits per heavy atom. The van der Waals surface area contributed by atoms with E-state index in [2.05, 4.69) is 19.2 Å². The second kappa shape index (κ2) is 6.79. The van der Waals surface area contributed by atoms with Crippen molar-refractivity contribution in [1.82, 2.24) is 9.97 Å². The fourth-order valence-electron chi connectivity index (χ4n) is 3.83. The Morgan fingerprint density at radius 2 is 2.07 bits per heavy atom. The Hall–Kier alpha value is -1.58. The molecule has 27 heavy (non-hydrogen) atoms. The quantitative estimate of drug-likeness (QED) is 0.763. The highest BCUT2D eigenvalue weighted by molar-refractivity contribution is 7.93. The third-order valence-electron chi connectivity index (χ3n) is 5.82. The molecule has 0 radical (unpaired) electrons. The van der Waals surface area contributed by atoms with Crippen LogP contribution in [-0.2, 0) is 24.0 Å². The maximum Gasteiger partial charge on any atom is 0.285 e. The minimum Gasteiger partial charge on any atom is -0.371 e. The standard InChI is InChI=1S/C18H26N4O4S/c1-14-19-8-3-15(20-14)22-9-10-26-17(13-22)6-11-27(24,12-7-17)21-16(23)18(25-2)4-5-18/h3,8H,4-7,9-13H2,1-2H3. The van der Waals surface area contributed by atoms with Crippen molar-refractivity contribution in [3.63, 3.8) is 0 Å². The number of aryl methyl sites for hydroxylation is 1. The van der Waals surface area contributed by atoms with Crippen molar-refractivity contribution in [3.8, 4) is 0 Å². The Bertz CT molecular complexity index is 847. The number of carbonyl (C=O) groups excluding carboxylic acids is 1. The molecule has 4 rings (SSSR count). The predicted octanol–water partition coefficient (Wildman–Crippen LogP) is 1.33. The molecule has 1 aromatic rings. The van der Waals surface area contributed by atoms with Crippen LogP contribution in [0.15, 0.2) is 16.6 Å². The third-order valence-corrected chi connectivity index (χ3v) is 8.00. The number of methoxy groups -OCH3 is 1. The van der Waals surface area contributed by atoms with Gasteiger partial charge < -0.3 is 14.4 Å². The molecule has 0 bridgehead atoms. The van der Waals surface area contributed by atoms with Crippen molar-refractivity contribution < 1.29 is 18.5 Å². The number of hydrogen-bond donors (Lipinski definition) is 0. The second-order valence-electron chi connectivity index (χ2n) is 7.69. The molecule has 1 aromatic heterocycles. The maximum atomic E-state index is 13.1. The molecule has 0 N–H and O–H groups in total. The number of aromatic nitrogens is 2. The van der Waals surface area contributed by atoms with Crippen molar-refractivity contribution in [2.45, 2.75) is 43.8 Å². The monoisotopic (exact) mass is 394 g/mol. The maximum absolute atomic E-state index is 13.1. The van der Waals surface area contributed by atoms with Gasteiger partial charge in [-0.2, -0.15) is 4.36 Å². The fraction of sp³-hybridized carbons (Fsp3) is 0.722. The lowest BCUT2D eigenvalue weighted by molar-refractivity contribution is -0.129. The van der Waals surface area contributed by atoms with Gasteiger partial charge in [0.2, 0.25) is 0 Å². The molecule has 2 aliphatic heterocycles. The highest BCUT2D eigenvalue weighted by Crippen LogP contribution is 2.41. The van der Waals surface area contributed by atoms with Crippen LogP contribution in [0.25, 0.3) is 0 Å². The van der Waals surface area contributed by atoms with Gasteiger partial charge in [0.15, 0.2) is 0 Å². The first-order valence-corrected chi connectivity index (χ1v) is 11.2. The van der Waals surface area contributed by atoms with E-state index >= 15 is 0 Å². The molecule has 1 amide bonds. The number of morpholine rings is 1. The van der Waals surface area contributed by atoms with Crippen LogP contribution < -0.4 is 4.90 Å². The lowest BCUT2D eigenvalue weighted by atomic mass is 9.94. The number of anilines is 1. The number of carbonyl (C=O) groups is 1. The van der Waals surface area contributed by atoms with Crippen LogP contribution in [0.3, 0.4) is 0 Å². The molecule has 3 aliphatic rings. The molecule has 0 unspecified atom stereocenters. The van der Waals surface area contributed by atoms with E-state index in [9.17, 15) is 9.00 Å². The first-order valence-electron chi connectivity index (χ1n) is 9.38. The molecule has 2 saturated heterocycles. The SMILES string of the molecule is COC1(C(=O)N=S2(=O)CCC3(CC2)CN(c2ccnc(C)n2)CCO3)CC1. The van der Waals surface area contributed by atoms with Crippen molar-refractivity contribution in [3.05, 3.63) is 18.1 Å². The summed E-state index contributed by atoms with van der Waals surface area (Å²) in [6, 6.07) is 1.91. The largest absolute Gasteiger partial charge is 0.371 e. The highest BCUT2D eigenvalue weighted by Gasteiger charge is 2.51. The molecule has 1 saturated carbocycles. The highest BCUT2D eigenvalue weighted by atomic mass is 32.2. The van der Waals surface area contributed by atoms with Crippen molar-refractivity contribution in [2.24, 2.45) is 4.36 Å². The molecule has 0 aromatic carbocycles. The average molecular weight is 394 g/mol. The summed E-state index contributed by atoms with van der Waals surface area (Å²) in [6.45, 7) is 3.95. The van der Waals surface area contributed by atoms with Gasteiger partial charge in [0.25, 0.3) is 5.91 Å². The minimum atomic E-state index is -2.54. The number of ether oxygens (including phenoxy) is 2. The fourth-order valence-corrected chi connectivity index (χ4v) is 6.06. The Balaban J connectivity index is 1.46. The smallest absolute Gasteiger partial charge is 0.285 e. The van der Waals surface area contributed by atoms with Crippen LogP contribution in [0, 0.1) is 6.92 Å². The summed E-state index contributed by atoms with van der Waals surface area (Å²) in [6.07, 6.45) is 4.36. The summed E-state index contributed by atoms with van der Waals surface area (Å²) in [7, 11) is -1.02. The van der Waals surface area contributed by atoms with E-state index in [4.69, 9.17) is 9.47 Å². The lowest BCUT2D eigenvalue weighted by Crippen LogP contribution is -2.55. The van der Waals surface area contributed by atoms with Crippen LogP contribution >= 0.6 is 0 Å². The molecule has 9 heteroatoms. The molecule has 148 valence electrons. The first-order chi connectivity index (χ1) is 12.9. The van der Waals surface area contributed by atoms with E-state index in [1.54, 1.807) is 6.20 Å². The van der Waals surface area contributed by atoms with Crippen molar-refractivity contribution >= 4 is 21.5 Å². The zero-order chi connectivity index (χ0) is 19.1. The number of amides is 1. The summed E-state index contributed by atoms with van der Waals surface area (Å²) in [5.41, 5.74) is -1.16. The summed E-state index contributed by atoms with van der Waals surface area (Å²) in [5, 5.41) is 0. The molecular weight excluding hydrogens is 368 g/mol. The van der Waals surface area contributed by atoms with Crippen LogP contribution in [0.5, 0.6) is 0 Å².